The SMILES string of the molecule is CC1C(N)CCC(C(=O)NCCc2ccnn2C)C1(C)C. The molecule has 0 aromatic carbocycles. The summed E-state index contributed by atoms with van der Waals surface area (Å²) in [4.78, 5) is 12.5. The number of carbonyl (C=O) groups excluding carboxylic acids is 1. The maximum Gasteiger partial charge on any atom is 0.223 e. The number of hydrogen-bond donors (Lipinski definition) is 2. The highest BCUT2D eigenvalue weighted by Gasteiger charge is 2.44. The van der Waals surface area contributed by atoms with Gasteiger partial charge in [0.15, 0.2) is 0 Å². The van der Waals surface area contributed by atoms with E-state index in [2.05, 4.69) is 31.2 Å². The van der Waals surface area contributed by atoms with Crippen molar-refractivity contribution >= 4 is 5.91 Å². The number of aryl methyl sites for hydroxylation is 1. The summed E-state index contributed by atoms with van der Waals surface area (Å²) >= 11 is 0. The van der Waals surface area contributed by atoms with Gasteiger partial charge in [-0.1, -0.05) is 20.8 Å². The molecule has 0 spiro atoms. The molecule has 1 saturated carbocycles. The van der Waals surface area contributed by atoms with E-state index in [0.29, 0.717) is 12.5 Å². The zero-order valence-electron chi connectivity index (χ0n) is 13.6. The largest absolute Gasteiger partial charge is 0.355 e. The first kappa shape index (κ1) is 16.0. The minimum atomic E-state index is -0.0473. The molecule has 2 rings (SSSR count). The molecule has 1 amide bonds. The molecular formula is C16H28N4O. The van der Waals surface area contributed by atoms with Gasteiger partial charge >= 0.3 is 0 Å². The predicted octanol–water partition coefficient (Wildman–Crippen LogP) is 1.48. The molecule has 5 heteroatoms. The smallest absolute Gasteiger partial charge is 0.223 e. The highest BCUT2D eigenvalue weighted by Crippen LogP contribution is 2.44. The van der Waals surface area contributed by atoms with Gasteiger partial charge in [-0.3, -0.25) is 9.48 Å². The van der Waals surface area contributed by atoms with Crippen LogP contribution in [0.25, 0.3) is 0 Å². The van der Waals surface area contributed by atoms with E-state index in [0.717, 1.165) is 25.0 Å². The van der Waals surface area contributed by atoms with Gasteiger partial charge in [0.1, 0.15) is 0 Å². The van der Waals surface area contributed by atoms with Gasteiger partial charge in [0, 0.05) is 43.9 Å². The second-order valence-electron chi connectivity index (χ2n) is 6.89. The molecule has 0 aliphatic heterocycles. The van der Waals surface area contributed by atoms with Crippen LogP contribution in [-0.2, 0) is 18.3 Å². The summed E-state index contributed by atoms with van der Waals surface area (Å²) in [5.41, 5.74) is 7.24. The summed E-state index contributed by atoms with van der Waals surface area (Å²) in [6.45, 7) is 7.16. The number of carbonyl (C=O) groups is 1. The first-order chi connectivity index (χ1) is 9.84. The van der Waals surface area contributed by atoms with Crippen LogP contribution in [0.15, 0.2) is 12.3 Å². The van der Waals surface area contributed by atoms with Crippen molar-refractivity contribution in [3.05, 3.63) is 18.0 Å². The van der Waals surface area contributed by atoms with Gasteiger partial charge in [0.05, 0.1) is 0 Å². The van der Waals surface area contributed by atoms with Crippen LogP contribution in [0.2, 0.25) is 0 Å². The Labute approximate surface area is 127 Å². The van der Waals surface area contributed by atoms with E-state index in [1.165, 1.54) is 0 Å². The molecule has 5 nitrogen and oxygen atoms in total. The van der Waals surface area contributed by atoms with Crippen LogP contribution in [0.4, 0.5) is 0 Å². The Morgan fingerprint density at radius 1 is 1.52 bits per heavy atom. The van der Waals surface area contributed by atoms with Crippen molar-refractivity contribution in [1.82, 2.24) is 15.1 Å². The average molecular weight is 292 g/mol. The molecule has 3 N–H and O–H groups in total. The van der Waals surface area contributed by atoms with Crippen LogP contribution < -0.4 is 11.1 Å². The van der Waals surface area contributed by atoms with E-state index in [4.69, 9.17) is 5.73 Å². The van der Waals surface area contributed by atoms with Crippen LogP contribution in [0, 0.1) is 17.3 Å². The molecule has 1 aromatic rings. The molecule has 1 aliphatic rings. The highest BCUT2D eigenvalue weighted by atomic mass is 16.1. The number of aromatic nitrogens is 2. The van der Waals surface area contributed by atoms with Crippen LogP contribution in [-0.4, -0.2) is 28.3 Å². The lowest BCUT2D eigenvalue weighted by atomic mass is 9.61. The number of hydrogen-bond acceptors (Lipinski definition) is 3. The molecule has 118 valence electrons. The van der Waals surface area contributed by atoms with E-state index < -0.39 is 0 Å². The van der Waals surface area contributed by atoms with Gasteiger partial charge in [-0.2, -0.15) is 5.10 Å². The fourth-order valence-corrected chi connectivity index (χ4v) is 3.40. The van der Waals surface area contributed by atoms with Gasteiger partial charge in [-0.15, -0.1) is 0 Å². The minimum Gasteiger partial charge on any atom is -0.355 e. The van der Waals surface area contributed by atoms with E-state index in [1.54, 1.807) is 6.20 Å². The van der Waals surface area contributed by atoms with Crippen molar-refractivity contribution in [2.75, 3.05) is 6.54 Å². The molecule has 0 saturated heterocycles. The number of nitrogens with zero attached hydrogens (tertiary/aromatic N) is 2. The Bertz CT molecular complexity index is 494. The number of amides is 1. The lowest BCUT2D eigenvalue weighted by Crippen LogP contribution is -2.51. The molecule has 0 radical (unpaired) electrons. The van der Waals surface area contributed by atoms with Crippen LogP contribution in [0.1, 0.15) is 39.3 Å². The Morgan fingerprint density at radius 2 is 2.24 bits per heavy atom. The van der Waals surface area contributed by atoms with Crippen LogP contribution in [0.5, 0.6) is 0 Å². The molecule has 1 heterocycles. The molecule has 1 aliphatic carbocycles. The summed E-state index contributed by atoms with van der Waals surface area (Å²) in [7, 11) is 1.92. The van der Waals surface area contributed by atoms with E-state index in [-0.39, 0.29) is 23.3 Å². The van der Waals surface area contributed by atoms with Crippen molar-refractivity contribution < 1.29 is 4.79 Å². The van der Waals surface area contributed by atoms with Crippen LogP contribution >= 0.6 is 0 Å². The van der Waals surface area contributed by atoms with Crippen LogP contribution in [0.3, 0.4) is 0 Å². The first-order valence-electron chi connectivity index (χ1n) is 7.84. The second kappa shape index (κ2) is 6.18. The first-order valence-corrected chi connectivity index (χ1v) is 7.84. The van der Waals surface area contributed by atoms with E-state index >= 15 is 0 Å². The summed E-state index contributed by atoms with van der Waals surface area (Å²) < 4.78 is 1.85. The average Bonchev–Trinajstić information content (AvgIpc) is 2.82. The van der Waals surface area contributed by atoms with E-state index in [9.17, 15) is 4.79 Å². The second-order valence-corrected chi connectivity index (χ2v) is 6.89. The van der Waals surface area contributed by atoms with Crippen molar-refractivity contribution in [1.29, 1.82) is 0 Å². The predicted molar refractivity (Wildman–Crippen MR) is 83.6 cm³/mol. The Morgan fingerprint density at radius 3 is 2.86 bits per heavy atom. The lowest BCUT2D eigenvalue weighted by Gasteiger charge is -2.46. The van der Waals surface area contributed by atoms with Gasteiger partial charge in [0.25, 0.3) is 0 Å². The van der Waals surface area contributed by atoms with Crippen molar-refractivity contribution in [3.63, 3.8) is 0 Å². The van der Waals surface area contributed by atoms with Crippen molar-refractivity contribution in [2.45, 2.75) is 46.1 Å². The van der Waals surface area contributed by atoms with E-state index in [1.807, 2.05) is 17.8 Å². The standard InChI is InChI=1S/C16H28N4O/c1-11-14(17)6-5-13(16(11,2)3)15(21)18-9-7-12-8-10-19-20(12)4/h8,10-11,13-14H,5-7,9,17H2,1-4H3,(H,18,21). The molecular weight excluding hydrogens is 264 g/mol. The summed E-state index contributed by atoms with van der Waals surface area (Å²) in [6, 6.07) is 2.19. The fourth-order valence-electron chi connectivity index (χ4n) is 3.40. The molecule has 1 aromatic heterocycles. The zero-order chi connectivity index (χ0) is 15.6. The monoisotopic (exact) mass is 292 g/mol. The maximum atomic E-state index is 12.5. The Kier molecular flexibility index (Phi) is 4.71. The maximum absolute atomic E-state index is 12.5. The summed E-state index contributed by atoms with van der Waals surface area (Å²) in [5.74, 6) is 0.582. The third-order valence-corrected chi connectivity index (χ3v) is 5.42. The Balaban J connectivity index is 1.89. The molecule has 1 fully saturated rings. The number of nitrogens with one attached hydrogen (secondary N) is 1. The van der Waals surface area contributed by atoms with Crippen molar-refractivity contribution in [2.24, 2.45) is 30.0 Å². The third-order valence-electron chi connectivity index (χ3n) is 5.42. The lowest BCUT2D eigenvalue weighted by molar-refractivity contribution is -0.132. The van der Waals surface area contributed by atoms with Crippen molar-refractivity contribution in [3.8, 4) is 0 Å². The van der Waals surface area contributed by atoms with Gasteiger partial charge in [0.2, 0.25) is 5.91 Å². The Hall–Kier alpha value is -1.36. The number of nitrogens with two attached hydrogens (primary N) is 1. The van der Waals surface area contributed by atoms with Gasteiger partial charge in [-0.05, 0) is 30.2 Å². The van der Waals surface area contributed by atoms with Gasteiger partial charge in [-0.25, -0.2) is 0 Å². The third kappa shape index (κ3) is 3.28. The molecule has 3 unspecified atom stereocenters. The van der Waals surface area contributed by atoms with Gasteiger partial charge < -0.3 is 11.1 Å². The highest BCUT2D eigenvalue weighted by molar-refractivity contribution is 5.79. The normalized spacial score (nSPS) is 28.3. The quantitative estimate of drug-likeness (QED) is 0.883. The fraction of sp³-hybridized carbons (Fsp3) is 0.750. The molecule has 21 heavy (non-hydrogen) atoms. The molecule has 3 atom stereocenters. The minimum absolute atomic E-state index is 0.0473. The summed E-state index contributed by atoms with van der Waals surface area (Å²) in [5, 5.41) is 7.22. The summed E-state index contributed by atoms with van der Waals surface area (Å²) in [6.07, 6.45) is 4.41. The zero-order valence-corrected chi connectivity index (χ0v) is 13.6. The number of rotatable bonds is 4. The topological polar surface area (TPSA) is 72.9 Å². The molecule has 0 bridgehead atoms.